The van der Waals surface area contributed by atoms with E-state index in [-0.39, 0.29) is 11.3 Å². The average Bonchev–Trinajstić information content (AvgIpc) is 2.78. The lowest BCUT2D eigenvalue weighted by molar-refractivity contribution is 0.556. The van der Waals surface area contributed by atoms with Gasteiger partial charge in [0.25, 0.3) is 0 Å². The zero-order chi connectivity index (χ0) is 13.0. The molecule has 0 saturated carbocycles. The van der Waals surface area contributed by atoms with Gasteiger partial charge < -0.3 is 5.73 Å². The van der Waals surface area contributed by atoms with Crippen molar-refractivity contribution in [1.82, 2.24) is 20.2 Å². The fourth-order valence-corrected chi connectivity index (χ4v) is 2.24. The minimum absolute atomic E-state index is 0.258. The molecule has 0 fully saturated rings. The first-order valence-corrected chi connectivity index (χ1v) is 6.22. The van der Waals surface area contributed by atoms with Gasteiger partial charge >= 0.3 is 0 Å². The summed E-state index contributed by atoms with van der Waals surface area (Å²) in [6.45, 7) is 0.897. The van der Waals surface area contributed by atoms with Crippen LogP contribution < -0.4 is 5.73 Å². The largest absolute Gasteiger partial charge is 0.329 e. The minimum atomic E-state index is -0.464. The Kier molecular flexibility index (Phi) is 4.21. The first kappa shape index (κ1) is 12.9. The smallest absolute Gasteiger partial charge is 0.209 e. The molecule has 8 heteroatoms. The molecule has 0 radical (unpaired) electrons. The van der Waals surface area contributed by atoms with Crippen molar-refractivity contribution in [1.29, 1.82) is 0 Å². The summed E-state index contributed by atoms with van der Waals surface area (Å²) in [7, 11) is 0. The molecule has 96 valence electrons. The van der Waals surface area contributed by atoms with E-state index in [0.717, 1.165) is 12.1 Å². The van der Waals surface area contributed by atoms with E-state index < -0.39 is 11.6 Å². The number of rotatable bonds is 5. The first-order valence-electron chi connectivity index (χ1n) is 5.23. The van der Waals surface area contributed by atoms with Gasteiger partial charge in [-0.2, -0.15) is 0 Å². The Morgan fingerprint density at radius 3 is 2.94 bits per heavy atom. The lowest BCUT2D eigenvalue weighted by atomic mass is 10.2. The Labute approximate surface area is 106 Å². The second kappa shape index (κ2) is 5.87. The molecule has 5 nitrogen and oxygen atoms in total. The van der Waals surface area contributed by atoms with Gasteiger partial charge in [-0.25, -0.2) is 13.5 Å². The molecule has 1 aromatic carbocycles. The van der Waals surface area contributed by atoms with Crippen LogP contribution in [0.1, 0.15) is 5.56 Å². The lowest BCUT2D eigenvalue weighted by Crippen LogP contribution is -2.12. The molecule has 0 spiro atoms. The molecule has 0 aliphatic rings. The molecule has 2 aromatic rings. The number of nitrogens with zero attached hydrogens (tertiary/aromatic N) is 4. The first-order chi connectivity index (χ1) is 8.70. The number of aromatic nitrogens is 4. The van der Waals surface area contributed by atoms with Crippen molar-refractivity contribution in [3.05, 3.63) is 35.4 Å². The van der Waals surface area contributed by atoms with Crippen molar-refractivity contribution in [3.8, 4) is 0 Å². The van der Waals surface area contributed by atoms with Gasteiger partial charge in [-0.3, -0.25) is 0 Å². The van der Waals surface area contributed by atoms with Gasteiger partial charge in [-0.1, -0.05) is 11.8 Å². The highest BCUT2D eigenvalue weighted by molar-refractivity contribution is 7.98. The standard InChI is InChI=1S/C10H11F2N5S/c11-8-1-2-9(12)7(5-8)6-18-10-14-15-16-17(10)4-3-13/h1-2,5H,3-4,6,13H2. The van der Waals surface area contributed by atoms with Crippen molar-refractivity contribution in [3.63, 3.8) is 0 Å². The molecule has 2 rings (SSSR count). The van der Waals surface area contributed by atoms with Crippen LogP contribution in [-0.2, 0) is 12.3 Å². The molecule has 0 aliphatic heterocycles. The molecule has 0 amide bonds. The van der Waals surface area contributed by atoms with E-state index in [9.17, 15) is 8.78 Å². The molecule has 1 aromatic heterocycles. The van der Waals surface area contributed by atoms with E-state index in [2.05, 4.69) is 15.5 Å². The highest BCUT2D eigenvalue weighted by Crippen LogP contribution is 2.22. The van der Waals surface area contributed by atoms with Crippen molar-refractivity contribution in [2.45, 2.75) is 17.5 Å². The van der Waals surface area contributed by atoms with Gasteiger partial charge in [-0.15, -0.1) is 5.10 Å². The third-order valence-electron chi connectivity index (χ3n) is 2.20. The Hall–Kier alpha value is -1.54. The van der Waals surface area contributed by atoms with Crippen LogP contribution in [0.2, 0.25) is 0 Å². The summed E-state index contributed by atoms with van der Waals surface area (Å²) in [5.41, 5.74) is 5.68. The quantitative estimate of drug-likeness (QED) is 0.828. The highest BCUT2D eigenvalue weighted by atomic mass is 32.2. The van der Waals surface area contributed by atoms with Gasteiger partial charge in [0, 0.05) is 17.9 Å². The summed E-state index contributed by atoms with van der Waals surface area (Å²) in [4.78, 5) is 0. The van der Waals surface area contributed by atoms with Crippen LogP contribution in [0.3, 0.4) is 0 Å². The molecule has 0 aliphatic carbocycles. The summed E-state index contributed by atoms with van der Waals surface area (Å²) in [5, 5.41) is 11.6. The van der Waals surface area contributed by atoms with Crippen LogP contribution in [-0.4, -0.2) is 26.8 Å². The number of benzene rings is 1. The zero-order valence-corrected chi connectivity index (χ0v) is 10.2. The van der Waals surface area contributed by atoms with Crippen molar-refractivity contribution >= 4 is 11.8 Å². The number of halogens is 2. The van der Waals surface area contributed by atoms with E-state index in [1.807, 2.05) is 0 Å². The van der Waals surface area contributed by atoms with Gasteiger partial charge in [0.15, 0.2) is 0 Å². The third kappa shape index (κ3) is 3.02. The highest BCUT2D eigenvalue weighted by Gasteiger charge is 2.09. The maximum absolute atomic E-state index is 13.4. The Morgan fingerprint density at radius 2 is 2.17 bits per heavy atom. The number of thioether (sulfide) groups is 1. The maximum Gasteiger partial charge on any atom is 0.209 e. The monoisotopic (exact) mass is 271 g/mol. The topological polar surface area (TPSA) is 69.6 Å². The van der Waals surface area contributed by atoms with Crippen molar-refractivity contribution in [2.24, 2.45) is 5.73 Å². The van der Waals surface area contributed by atoms with Crippen molar-refractivity contribution < 1.29 is 8.78 Å². The summed E-state index contributed by atoms with van der Waals surface area (Å²) < 4.78 is 27.9. The van der Waals surface area contributed by atoms with E-state index in [1.54, 1.807) is 0 Å². The van der Waals surface area contributed by atoms with E-state index in [1.165, 1.54) is 22.5 Å². The number of nitrogens with two attached hydrogens (primary N) is 1. The summed E-state index contributed by atoms with van der Waals surface area (Å²) in [6, 6.07) is 3.36. The maximum atomic E-state index is 13.4. The van der Waals surface area contributed by atoms with Gasteiger partial charge in [0.2, 0.25) is 5.16 Å². The van der Waals surface area contributed by atoms with Crippen LogP contribution in [0, 0.1) is 11.6 Å². The Balaban J connectivity index is 2.06. The molecule has 0 atom stereocenters. The predicted octanol–water partition coefficient (Wildman–Crippen LogP) is 1.20. The van der Waals surface area contributed by atoms with E-state index in [0.29, 0.717) is 18.2 Å². The molecule has 18 heavy (non-hydrogen) atoms. The molecule has 1 heterocycles. The lowest BCUT2D eigenvalue weighted by Gasteiger charge is -2.04. The van der Waals surface area contributed by atoms with Gasteiger partial charge in [0.05, 0.1) is 6.54 Å². The van der Waals surface area contributed by atoms with Gasteiger partial charge in [0.1, 0.15) is 11.6 Å². The molecular weight excluding hydrogens is 260 g/mol. The second-order valence-corrected chi connectivity index (χ2v) is 4.44. The second-order valence-electron chi connectivity index (χ2n) is 3.50. The van der Waals surface area contributed by atoms with Gasteiger partial charge in [-0.05, 0) is 28.6 Å². The predicted molar refractivity (Wildman–Crippen MR) is 62.8 cm³/mol. The van der Waals surface area contributed by atoms with E-state index in [4.69, 9.17) is 5.73 Å². The van der Waals surface area contributed by atoms with Crippen LogP contribution in [0.4, 0.5) is 8.78 Å². The molecule has 0 saturated heterocycles. The summed E-state index contributed by atoms with van der Waals surface area (Å²) in [5.74, 6) is -0.649. The molecule has 2 N–H and O–H groups in total. The minimum Gasteiger partial charge on any atom is -0.329 e. The van der Waals surface area contributed by atoms with Crippen LogP contribution in [0.25, 0.3) is 0 Å². The van der Waals surface area contributed by atoms with Crippen LogP contribution in [0.5, 0.6) is 0 Å². The van der Waals surface area contributed by atoms with E-state index >= 15 is 0 Å². The normalized spacial score (nSPS) is 10.8. The molecule has 0 unspecified atom stereocenters. The number of tetrazole rings is 1. The molecular formula is C10H11F2N5S. The Morgan fingerprint density at radius 1 is 1.33 bits per heavy atom. The summed E-state index contributed by atoms with van der Waals surface area (Å²) >= 11 is 1.23. The van der Waals surface area contributed by atoms with Crippen LogP contribution >= 0.6 is 11.8 Å². The fraction of sp³-hybridized carbons (Fsp3) is 0.300. The zero-order valence-electron chi connectivity index (χ0n) is 9.38. The SMILES string of the molecule is NCCn1nnnc1SCc1cc(F)ccc1F. The average molecular weight is 271 g/mol. The molecule has 0 bridgehead atoms. The van der Waals surface area contributed by atoms with Crippen molar-refractivity contribution in [2.75, 3.05) is 6.54 Å². The van der Waals surface area contributed by atoms with Crippen LogP contribution in [0.15, 0.2) is 23.4 Å². The Bertz CT molecular complexity index is 531. The number of hydrogen-bond donors (Lipinski definition) is 1. The number of hydrogen-bond acceptors (Lipinski definition) is 5. The summed E-state index contributed by atoms with van der Waals surface area (Å²) in [6.07, 6.45) is 0. The third-order valence-corrected chi connectivity index (χ3v) is 3.21. The fourth-order valence-electron chi connectivity index (χ4n) is 1.36.